The van der Waals surface area contributed by atoms with Gasteiger partial charge in [-0.25, -0.2) is 17.5 Å². The van der Waals surface area contributed by atoms with Gasteiger partial charge >= 0.3 is 0 Å². The van der Waals surface area contributed by atoms with Crippen molar-refractivity contribution in [2.24, 2.45) is 4.99 Å². The highest BCUT2D eigenvalue weighted by Gasteiger charge is 2.29. The highest BCUT2D eigenvalue weighted by Crippen LogP contribution is 2.40. The Hall–Kier alpha value is -2.92. The summed E-state index contributed by atoms with van der Waals surface area (Å²) in [5.74, 6) is -0.0933. The molecule has 174 valence electrons. The molecule has 0 saturated heterocycles. The lowest BCUT2D eigenvalue weighted by atomic mass is 10.0. The maximum atomic E-state index is 13.5. The van der Waals surface area contributed by atoms with E-state index >= 15 is 0 Å². The van der Waals surface area contributed by atoms with Gasteiger partial charge in [0.05, 0.1) is 34.2 Å². The molecule has 0 saturated carbocycles. The zero-order valence-corrected chi connectivity index (χ0v) is 20.3. The number of nitrogens with one attached hydrogen (secondary N) is 1. The number of hydrogen-bond acceptors (Lipinski definition) is 6. The summed E-state index contributed by atoms with van der Waals surface area (Å²) in [4.78, 5) is 17.6. The largest absolute Gasteiger partial charge is 0.354 e. The number of thioether (sulfide) groups is 1. The maximum Gasteiger partial charge on any atom is 0.270 e. The SMILES string of the molecule is CCN(c1cc2nn(-c3ccc(F)cc3)c(C(=O)NC)c2cc1C1CSC(C)=N1)S(C)(=O)=O. The number of hydrogen-bond donors (Lipinski definition) is 1. The number of fused-ring (bicyclic) bond motifs is 1. The predicted molar refractivity (Wildman–Crippen MR) is 131 cm³/mol. The average Bonchev–Trinajstić information content (AvgIpc) is 3.36. The number of carbonyl (C=O) groups is 1. The fraction of sp³-hybridized carbons (Fsp3) is 0.318. The lowest BCUT2D eigenvalue weighted by Gasteiger charge is -2.25. The second kappa shape index (κ2) is 8.79. The smallest absolute Gasteiger partial charge is 0.270 e. The zero-order valence-electron chi connectivity index (χ0n) is 18.7. The molecule has 2 aromatic carbocycles. The number of amides is 1. The molecule has 0 aliphatic carbocycles. The summed E-state index contributed by atoms with van der Waals surface area (Å²) >= 11 is 1.61. The van der Waals surface area contributed by atoms with Crippen LogP contribution in [0, 0.1) is 5.82 Å². The Morgan fingerprint density at radius 3 is 2.55 bits per heavy atom. The number of rotatable bonds is 6. The summed E-state index contributed by atoms with van der Waals surface area (Å²) in [6.45, 7) is 3.92. The fourth-order valence-electron chi connectivity index (χ4n) is 3.96. The van der Waals surface area contributed by atoms with Crippen molar-refractivity contribution in [2.75, 3.05) is 29.9 Å². The number of halogens is 1. The lowest BCUT2D eigenvalue weighted by Crippen LogP contribution is -2.30. The Morgan fingerprint density at radius 2 is 2.00 bits per heavy atom. The van der Waals surface area contributed by atoms with Crippen molar-refractivity contribution in [3.63, 3.8) is 0 Å². The van der Waals surface area contributed by atoms with Crippen molar-refractivity contribution in [3.8, 4) is 5.69 Å². The molecule has 1 aliphatic heterocycles. The molecule has 1 amide bonds. The second-order valence-electron chi connectivity index (χ2n) is 7.65. The van der Waals surface area contributed by atoms with Crippen LogP contribution in [-0.4, -0.2) is 54.8 Å². The van der Waals surface area contributed by atoms with Gasteiger partial charge < -0.3 is 5.32 Å². The van der Waals surface area contributed by atoms with E-state index in [1.54, 1.807) is 24.8 Å². The molecular formula is C22H24FN5O3S2. The summed E-state index contributed by atoms with van der Waals surface area (Å²) in [5.41, 5.74) is 2.44. The van der Waals surface area contributed by atoms with Crippen LogP contribution in [0.2, 0.25) is 0 Å². The van der Waals surface area contributed by atoms with Crippen LogP contribution in [0.5, 0.6) is 0 Å². The summed E-state index contributed by atoms with van der Waals surface area (Å²) in [7, 11) is -2.04. The van der Waals surface area contributed by atoms with Crippen molar-refractivity contribution < 1.29 is 17.6 Å². The molecule has 2 heterocycles. The van der Waals surface area contributed by atoms with Crippen LogP contribution < -0.4 is 9.62 Å². The van der Waals surface area contributed by atoms with E-state index in [1.807, 2.05) is 13.0 Å². The number of sulfonamides is 1. The minimum atomic E-state index is -3.56. The molecule has 3 aromatic rings. The number of carbonyl (C=O) groups excluding carboxylic acids is 1. The molecule has 33 heavy (non-hydrogen) atoms. The van der Waals surface area contributed by atoms with E-state index in [0.717, 1.165) is 11.3 Å². The quantitative estimate of drug-likeness (QED) is 0.572. The van der Waals surface area contributed by atoms with Gasteiger partial charge in [-0.15, -0.1) is 11.8 Å². The van der Waals surface area contributed by atoms with Crippen LogP contribution in [0.1, 0.15) is 35.9 Å². The standard InChI is InChI=1S/C22H24FN5O3S2/c1-5-27(33(4,30)31)20-11-18-17(10-16(20)19-12-32-13(2)25-19)21(22(29)24-3)28(26-18)15-8-6-14(23)7-9-15/h6-11,19H,5,12H2,1-4H3,(H,24,29). The van der Waals surface area contributed by atoms with Crippen molar-refractivity contribution in [2.45, 2.75) is 19.9 Å². The molecule has 1 aliphatic rings. The summed E-state index contributed by atoms with van der Waals surface area (Å²) in [6, 6.07) is 8.90. The molecule has 1 unspecified atom stereocenters. The predicted octanol–water partition coefficient (Wildman–Crippen LogP) is 3.52. The van der Waals surface area contributed by atoms with Gasteiger partial charge in [0, 0.05) is 30.3 Å². The Kier molecular flexibility index (Phi) is 6.19. The van der Waals surface area contributed by atoms with Gasteiger partial charge in [-0.05, 0) is 50.2 Å². The van der Waals surface area contributed by atoms with Gasteiger partial charge in [0.2, 0.25) is 10.0 Å². The van der Waals surface area contributed by atoms with Crippen molar-refractivity contribution in [3.05, 3.63) is 53.5 Å². The van der Waals surface area contributed by atoms with Crippen LogP contribution in [0.4, 0.5) is 10.1 Å². The van der Waals surface area contributed by atoms with Gasteiger partial charge in [-0.2, -0.15) is 5.10 Å². The zero-order chi connectivity index (χ0) is 23.9. The third-order valence-electron chi connectivity index (χ3n) is 5.44. The number of nitrogens with zero attached hydrogens (tertiary/aromatic N) is 4. The monoisotopic (exact) mass is 489 g/mol. The molecule has 0 fully saturated rings. The minimum absolute atomic E-state index is 0.237. The summed E-state index contributed by atoms with van der Waals surface area (Å²) in [5, 5.41) is 8.71. The number of benzene rings is 2. The average molecular weight is 490 g/mol. The number of aromatic nitrogens is 2. The fourth-order valence-corrected chi connectivity index (χ4v) is 5.80. The molecule has 1 atom stereocenters. The molecule has 0 radical (unpaired) electrons. The third-order valence-corrected chi connectivity index (χ3v) is 7.70. The Morgan fingerprint density at radius 1 is 1.30 bits per heavy atom. The molecule has 4 rings (SSSR count). The van der Waals surface area contributed by atoms with Crippen LogP contribution >= 0.6 is 11.8 Å². The van der Waals surface area contributed by atoms with Gasteiger partial charge in [0.25, 0.3) is 5.91 Å². The minimum Gasteiger partial charge on any atom is -0.354 e. The second-order valence-corrected chi connectivity index (χ2v) is 10.8. The molecule has 1 N–H and O–H groups in total. The van der Waals surface area contributed by atoms with E-state index in [2.05, 4.69) is 15.4 Å². The van der Waals surface area contributed by atoms with Gasteiger partial charge in [-0.1, -0.05) is 0 Å². The third kappa shape index (κ3) is 4.34. The van der Waals surface area contributed by atoms with Crippen LogP contribution in [0.3, 0.4) is 0 Å². The van der Waals surface area contributed by atoms with Crippen LogP contribution in [-0.2, 0) is 10.0 Å². The highest BCUT2D eigenvalue weighted by molar-refractivity contribution is 8.14. The normalized spacial score (nSPS) is 16.2. The van der Waals surface area contributed by atoms with Gasteiger partial charge in [-0.3, -0.25) is 14.1 Å². The maximum absolute atomic E-state index is 13.5. The van der Waals surface area contributed by atoms with E-state index in [4.69, 9.17) is 0 Å². The van der Waals surface area contributed by atoms with Crippen molar-refractivity contribution in [1.29, 1.82) is 0 Å². The lowest BCUT2D eigenvalue weighted by molar-refractivity contribution is 0.0957. The first-order valence-electron chi connectivity index (χ1n) is 10.3. The highest BCUT2D eigenvalue weighted by atomic mass is 32.2. The number of aliphatic imine (C=N–C) groups is 1. The summed E-state index contributed by atoms with van der Waals surface area (Å²) in [6.07, 6.45) is 1.16. The first-order chi connectivity index (χ1) is 15.6. The Labute approximate surface area is 195 Å². The summed E-state index contributed by atoms with van der Waals surface area (Å²) < 4.78 is 41.4. The number of anilines is 1. The van der Waals surface area contributed by atoms with Crippen molar-refractivity contribution >= 4 is 49.3 Å². The van der Waals surface area contributed by atoms with Crippen LogP contribution in [0.15, 0.2) is 41.4 Å². The van der Waals surface area contributed by atoms with Crippen LogP contribution in [0.25, 0.3) is 16.6 Å². The molecule has 0 bridgehead atoms. The molecule has 8 nitrogen and oxygen atoms in total. The van der Waals surface area contributed by atoms with Crippen molar-refractivity contribution in [1.82, 2.24) is 15.1 Å². The first kappa shape index (κ1) is 23.2. The Bertz CT molecular complexity index is 1370. The van der Waals surface area contributed by atoms with E-state index in [9.17, 15) is 17.6 Å². The first-order valence-corrected chi connectivity index (χ1v) is 13.2. The van der Waals surface area contributed by atoms with Gasteiger partial charge in [0.15, 0.2) is 0 Å². The molecular weight excluding hydrogens is 465 g/mol. The van der Waals surface area contributed by atoms with E-state index < -0.39 is 15.8 Å². The Balaban J connectivity index is 2.04. The topological polar surface area (TPSA) is 96.7 Å². The van der Waals surface area contributed by atoms with E-state index in [-0.39, 0.29) is 24.2 Å². The van der Waals surface area contributed by atoms with Gasteiger partial charge in [0.1, 0.15) is 11.5 Å². The van der Waals surface area contributed by atoms with E-state index in [1.165, 1.54) is 40.3 Å². The molecule has 11 heteroatoms. The van der Waals surface area contributed by atoms with E-state index in [0.29, 0.717) is 33.6 Å². The molecule has 1 aromatic heterocycles. The molecule has 0 spiro atoms.